The normalized spacial score (nSPS) is 20.5. The van der Waals surface area contributed by atoms with Crippen molar-refractivity contribution < 1.29 is 26.4 Å². The van der Waals surface area contributed by atoms with Crippen LogP contribution in [0.5, 0.6) is 5.75 Å². The Hall–Kier alpha value is -2.29. The maximum Gasteiger partial charge on any atom is 0.274 e. The first-order chi connectivity index (χ1) is 14.3. The lowest BCUT2D eigenvalue weighted by atomic mass is 10.0. The zero-order valence-electron chi connectivity index (χ0n) is 17.9. The Bertz CT molecular complexity index is 896. The lowest BCUT2D eigenvalue weighted by Gasteiger charge is -2.41. The molecule has 1 aromatic carbocycles. The topological polar surface area (TPSA) is 116 Å². The van der Waals surface area contributed by atoms with Gasteiger partial charge < -0.3 is 38.4 Å². The predicted octanol–water partition coefficient (Wildman–Crippen LogP) is -0.721. The number of hydrogen-bond acceptors (Lipinski definition) is 6. The molecule has 2 aromatic rings. The first-order valence-corrected chi connectivity index (χ1v) is 10.5. The fourth-order valence-corrected chi connectivity index (χ4v) is 4.20. The number of carbonyl (C=O) groups excluding carboxylic acids is 1. The van der Waals surface area contributed by atoms with Crippen molar-refractivity contribution in [2.24, 2.45) is 0 Å². The highest BCUT2D eigenvalue weighted by molar-refractivity contribution is 6.31. The number of nitrogen functional groups attached to an aromatic ring is 2. The molecule has 2 atom stereocenters. The van der Waals surface area contributed by atoms with Crippen molar-refractivity contribution >= 4 is 29.1 Å². The average molecular weight is 469 g/mol. The van der Waals surface area contributed by atoms with Gasteiger partial charge in [-0.3, -0.25) is 4.79 Å². The summed E-state index contributed by atoms with van der Waals surface area (Å²) in [6, 6.07) is 8.27. The summed E-state index contributed by atoms with van der Waals surface area (Å²) >= 11 is 5.90. The quantitative estimate of drug-likeness (QED) is 0.461. The summed E-state index contributed by atoms with van der Waals surface area (Å²) in [6.07, 6.45) is 4.07. The van der Waals surface area contributed by atoms with E-state index < -0.39 is 0 Å². The van der Waals surface area contributed by atoms with Gasteiger partial charge in [-0.2, -0.15) is 0 Å². The molecular weight excluding hydrogens is 439 g/mol. The molecule has 0 bridgehead atoms. The lowest BCUT2D eigenvalue weighted by molar-refractivity contribution is -0.915. The summed E-state index contributed by atoms with van der Waals surface area (Å²) < 4.78 is 6.13. The molecule has 1 amide bonds. The minimum Gasteiger partial charge on any atom is -1.00 e. The van der Waals surface area contributed by atoms with Crippen molar-refractivity contribution in [2.45, 2.75) is 31.7 Å². The summed E-state index contributed by atoms with van der Waals surface area (Å²) in [5.74, 6) is 0.519. The van der Waals surface area contributed by atoms with Crippen LogP contribution in [0.15, 0.2) is 24.3 Å². The van der Waals surface area contributed by atoms with E-state index in [2.05, 4.69) is 34.5 Å². The number of benzene rings is 1. The van der Waals surface area contributed by atoms with Crippen LogP contribution in [0.3, 0.4) is 0 Å². The summed E-state index contributed by atoms with van der Waals surface area (Å²) in [5, 5.41) is 3.03. The van der Waals surface area contributed by atoms with Crippen molar-refractivity contribution in [3.8, 4) is 5.75 Å². The van der Waals surface area contributed by atoms with E-state index in [-0.39, 0.29) is 46.8 Å². The Morgan fingerprint density at radius 1 is 1.26 bits per heavy atom. The Morgan fingerprint density at radius 3 is 2.65 bits per heavy atom. The van der Waals surface area contributed by atoms with Crippen molar-refractivity contribution in [3.05, 3.63) is 40.7 Å². The number of hydrogen-bond donors (Lipinski definition) is 3. The standard InChI is InChI=1S/C21H29ClN6O2.ClH/c1-28(11-3-5-14-7-9-16(30-2)10-8-14)12-4-6-15(13-28)25-21(29)17-19(23)27-20(24)18(22)26-17;/h7-10,15H,3-6,11-13H2,1-2H3,(H4-,23,24,25,27,29);1H. The largest absolute Gasteiger partial charge is 1.00 e. The molecule has 0 spiro atoms. The van der Waals surface area contributed by atoms with Crippen molar-refractivity contribution in [2.75, 3.05) is 45.3 Å². The summed E-state index contributed by atoms with van der Waals surface area (Å²) in [6.45, 7) is 3.02. The van der Waals surface area contributed by atoms with Crippen LogP contribution in [0.25, 0.3) is 0 Å². The second-order valence-electron chi connectivity index (χ2n) is 8.15. The molecule has 1 aliphatic rings. The second kappa shape index (κ2) is 10.8. The fraction of sp³-hybridized carbons (Fsp3) is 0.476. The van der Waals surface area contributed by atoms with Gasteiger partial charge in [0.05, 0.1) is 39.8 Å². The molecule has 1 saturated heterocycles. The van der Waals surface area contributed by atoms with Crippen LogP contribution in [-0.2, 0) is 6.42 Å². The summed E-state index contributed by atoms with van der Waals surface area (Å²) in [7, 11) is 3.93. The first kappa shape index (κ1) is 25.0. The maximum atomic E-state index is 12.6. The molecule has 170 valence electrons. The SMILES string of the molecule is COc1ccc(CCC[N+]2(C)CCCC(NC(=O)c3nc(Cl)c(N)nc3N)C2)cc1.[Cl-]. The first-order valence-electron chi connectivity index (χ1n) is 10.2. The summed E-state index contributed by atoms with van der Waals surface area (Å²) in [4.78, 5) is 20.5. The smallest absolute Gasteiger partial charge is 0.274 e. The molecular formula is C21H30Cl2N6O2. The third kappa shape index (κ3) is 6.59. The van der Waals surface area contributed by atoms with Crippen LogP contribution in [0.4, 0.5) is 11.6 Å². The zero-order chi connectivity index (χ0) is 21.7. The number of anilines is 2. The van der Waals surface area contributed by atoms with E-state index in [0.29, 0.717) is 0 Å². The Balaban J connectivity index is 0.00000341. The zero-order valence-corrected chi connectivity index (χ0v) is 19.4. The summed E-state index contributed by atoms with van der Waals surface area (Å²) in [5.41, 5.74) is 12.7. The number of nitrogens with one attached hydrogen (secondary N) is 1. The molecule has 2 heterocycles. The number of rotatable bonds is 7. The molecule has 0 aliphatic carbocycles. The number of methoxy groups -OCH3 is 1. The lowest BCUT2D eigenvalue weighted by Crippen LogP contribution is -3.00. The van der Waals surface area contributed by atoms with Gasteiger partial charge in [-0.1, -0.05) is 23.7 Å². The van der Waals surface area contributed by atoms with Gasteiger partial charge in [0.25, 0.3) is 5.91 Å². The molecule has 1 aromatic heterocycles. The van der Waals surface area contributed by atoms with Gasteiger partial charge in [-0.05, 0) is 37.0 Å². The van der Waals surface area contributed by atoms with Crippen LogP contribution in [-0.4, -0.2) is 60.2 Å². The predicted molar refractivity (Wildman–Crippen MR) is 118 cm³/mol. The molecule has 5 N–H and O–H groups in total. The van der Waals surface area contributed by atoms with Gasteiger partial charge in [-0.25, -0.2) is 9.97 Å². The number of nitrogens with two attached hydrogens (primary N) is 2. The molecule has 1 aliphatic heterocycles. The number of carbonyl (C=O) groups is 1. The van der Waals surface area contributed by atoms with E-state index in [9.17, 15) is 4.79 Å². The number of ether oxygens (including phenoxy) is 1. The van der Waals surface area contributed by atoms with Crippen molar-refractivity contribution in [3.63, 3.8) is 0 Å². The van der Waals surface area contributed by atoms with Gasteiger partial charge in [0.1, 0.15) is 5.75 Å². The highest BCUT2D eigenvalue weighted by atomic mass is 35.5. The maximum absolute atomic E-state index is 12.6. The van der Waals surface area contributed by atoms with Crippen molar-refractivity contribution in [1.29, 1.82) is 0 Å². The van der Waals surface area contributed by atoms with Crippen LogP contribution < -0.4 is 33.9 Å². The molecule has 1 fully saturated rings. The molecule has 8 nitrogen and oxygen atoms in total. The van der Waals surface area contributed by atoms with E-state index in [1.807, 2.05) is 12.1 Å². The van der Waals surface area contributed by atoms with Crippen LogP contribution in [0.2, 0.25) is 5.15 Å². The van der Waals surface area contributed by atoms with E-state index in [1.54, 1.807) is 7.11 Å². The van der Waals surface area contributed by atoms with E-state index in [0.717, 1.165) is 55.6 Å². The van der Waals surface area contributed by atoms with Crippen LogP contribution in [0.1, 0.15) is 35.3 Å². The number of quaternary nitrogens is 1. The number of nitrogens with zero attached hydrogens (tertiary/aromatic N) is 3. The van der Waals surface area contributed by atoms with Gasteiger partial charge in [0.2, 0.25) is 0 Å². The number of likely N-dealkylation sites (N-methyl/N-ethyl adjacent to an activating group) is 1. The number of aryl methyl sites for hydroxylation is 1. The minimum atomic E-state index is -0.362. The Morgan fingerprint density at radius 2 is 1.97 bits per heavy atom. The van der Waals surface area contributed by atoms with Gasteiger partial charge in [0, 0.05) is 6.42 Å². The minimum absolute atomic E-state index is 0. The molecule has 0 saturated carbocycles. The molecule has 31 heavy (non-hydrogen) atoms. The Labute approximate surface area is 194 Å². The third-order valence-electron chi connectivity index (χ3n) is 5.69. The molecule has 3 rings (SSSR count). The monoisotopic (exact) mass is 468 g/mol. The van der Waals surface area contributed by atoms with Crippen molar-refractivity contribution in [1.82, 2.24) is 15.3 Å². The molecule has 10 heteroatoms. The number of piperidine rings is 1. The molecule has 0 radical (unpaired) electrons. The highest BCUT2D eigenvalue weighted by Gasteiger charge is 2.32. The number of aromatic nitrogens is 2. The van der Waals surface area contributed by atoms with E-state index in [4.69, 9.17) is 27.8 Å². The third-order valence-corrected chi connectivity index (χ3v) is 5.97. The van der Waals surface area contributed by atoms with Gasteiger partial charge in [-0.15, -0.1) is 0 Å². The van der Waals surface area contributed by atoms with Gasteiger partial charge in [0.15, 0.2) is 22.5 Å². The average Bonchev–Trinajstić information content (AvgIpc) is 2.71. The van der Waals surface area contributed by atoms with Crippen LogP contribution in [0, 0.1) is 0 Å². The van der Waals surface area contributed by atoms with Crippen LogP contribution >= 0.6 is 11.6 Å². The fourth-order valence-electron chi connectivity index (χ4n) is 4.07. The van der Waals surface area contributed by atoms with E-state index >= 15 is 0 Å². The number of amides is 1. The Kier molecular flexibility index (Phi) is 8.73. The second-order valence-corrected chi connectivity index (χ2v) is 8.51. The highest BCUT2D eigenvalue weighted by Crippen LogP contribution is 2.21. The molecule has 2 unspecified atom stereocenters. The van der Waals surface area contributed by atoms with E-state index in [1.165, 1.54) is 5.56 Å². The van der Waals surface area contributed by atoms with Gasteiger partial charge >= 0.3 is 0 Å². The number of likely N-dealkylation sites (tertiary alicyclic amines) is 1. The number of halogens is 2.